The average Bonchev–Trinajstić information content (AvgIpc) is 3.09. The molecule has 4 rings (SSSR count). The molecular formula is C19H28N2. The molecule has 2 atom stereocenters. The van der Waals surface area contributed by atoms with Crippen molar-refractivity contribution in [2.24, 2.45) is 11.3 Å². The van der Waals surface area contributed by atoms with Crippen LogP contribution in [0.1, 0.15) is 50.2 Å². The molecular weight excluding hydrogens is 256 g/mol. The summed E-state index contributed by atoms with van der Waals surface area (Å²) in [7, 11) is 0. The van der Waals surface area contributed by atoms with Crippen LogP contribution in [0.4, 0.5) is 5.69 Å². The highest BCUT2D eigenvalue weighted by molar-refractivity contribution is 5.45. The molecule has 21 heavy (non-hydrogen) atoms. The van der Waals surface area contributed by atoms with Gasteiger partial charge >= 0.3 is 0 Å². The lowest BCUT2D eigenvalue weighted by Crippen LogP contribution is -2.34. The highest BCUT2D eigenvalue weighted by Crippen LogP contribution is 2.54. The monoisotopic (exact) mass is 284 g/mol. The van der Waals surface area contributed by atoms with Gasteiger partial charge in [-0.25, -0.2) is 0 Å². The Bertz CT molecular complexity index is 532. The molecule has 3 aliphatic rings. The maximum absolute atomic E-state index is 5.95. The van der Waals surface area contributed by atoms with Gasteiger partial charge in [-0.3, -0.25) is 0 Å². The van der Waals surface area contributed by atoms with Gasteiger partial charge < -0.3 is 10.6 Å². The topological polar surface area (TPSA) is 29.3 Å². The van der Waals surface area contributed by atoms with Crippen molar-refractivity contribution in [3.05, 3.63) is 29.3 Å². The van der Waals surface area contributed by atoms with E-state index in [0.717, 1.165) is 17.6 Å². The first-order chi connectivity index (χ1) is 10.1. The molecule has 2 fully saturated rings. The Labute approximate surface area is 128 Å². The molecule has 2 nitrogen and oxygen atoms in total. The van der Waals surface area contributed by atoms with Gasteiger partial charge in [-0.1, -0.05) is 13.0 Å². The molecule has 1 saturated carbocycles. The maximum Gasteiger partial charge on any atom is 0.0316 e. The summed E-state index contributed by atoms with van der Waals surface area (Å²) in [5.74, 6) is 0.971. The molecule has 2 unspecified atom stereocenters. The van der Waals surface area contributed by atoms with Crippen LogP contribution in [0.15, 0.2) is 18.2 Å². The molecule has 1 aliphatic heterocycles. The van der Waals surface area contributed by atoms with Crippen molar-refractivity contribution in [1.82, 2.24) is 4.90 Å². The van der Waals surface area contributed by atoms with Gasteiger partial charge in [0.25, 0.3) is 0 Å². The summed E-state index contributed by atoms with van der Waals surface area (Å²) in [5, 5.41) is 0. The lowest BCUT2D eigenvalue weighted by molar-refractivity contribution is 0.202. The van der Waals surface area contributed by atoms with E-state index in [9.17, 15) is 0 Å². The summed E-state index contributed by atoms with van der Waals surface area (Å²) in [6.45, 7) is 5.20. The molecule has 1 heterocycles. The van der Waals surface area contributed by atoms with E-state index in [4.69, 9.17) is 5.73 Å². The summed E-state index contributed by atoms with van der Waals surface area (Å²) in [4.78, 5) is 2.81. The van der Waals surface area contributed by atoms with E-state index in [1.54, 1.807) is 0 Å². The van der Waals surface area contributed by atoms with Crippen molar-refractivity contribution in [2.75, 3.05) is 18.8 Å². The summed E-state index contributed by atoms with van der Waals surface area (Å²) in [6.07, 6.45) is 9.48. The van der Waals surface area contributed by atoms with E-state index in [2.05, 4.69) is 30.0 Å². The fourth-order valence-electron chi connectivity index (χ4n) is 4.57. The second kappa shape index (κ2) is 5.01. The van der Waals surface area contributed by atoms with Crippen LogP contribution in [0.25, 0.3) is 0 Å². The summed E-state index contributed by atoms with van der Waals surface area (Å²) in [5.41, 5.74) is 10.6. The molecule has 2 heteroatoms. The van der Waals surface area contributed by atoms with Gasteiger partial charge in [-0.05, 0) is 86.1 Å². The van der Waals surface area contributed by atoms with Crippen molar-refractivity contribution in [1.29, 1.82) is 0 Å². The Hall–Kier alpha value is -1.02. The second-order valence-corrected chi connectivity index (χ2v) is 7.89. The Morgan fingerprint density at radius 1 is 1.10 bits per heavy atom. The standard InChI is InChI=1S/C19H28N2/c1-19(9-10-19)16-8-11-21(13-16)18-6-3-14-2-5-17(20)12-15(14)4-7-18/h2,5,12,16,18H,3-4,6-11,13,20H2,1H3. The van der Waals surface area contributed by atoms with E-state index in [1.807, 2.05) is 0 Å². The number of aryl methyl sites for hydroxylation is 2. The predicted molar refractivity (Wildman–Crippen MR) is 88.3 cm³/mol. The molecule has 1 saturated heterocycles. The highest BCUT2D eigenvalue weighted by Gasteiger charge is 2.47. The van der Waals surface area contributed by atoms with Gasteiger partial charge in [0.2, 0.25) is 0 Å². The largest absolute Gasteiger partial charge is 0.399 e. The first-order valence-electron chi connectivity index (χ1n) is 8.75. The lowest BCUT2D eigenvalue weighted by atomic mass is 9.90. The van der Waals surface area contributed by atoms with Gasteiger partial charge in [0, 0.05) is 18.3 Å². The molecule has 0 spiro atoms. The Morgan fingerprint density at radius 2 is 1.86 bits per heavy atom. The zero-order valence-corrected chi connectivity index (χ0v) is 13.3. The Morgan fingerprint density at radius 3 is 2.62 bits per heavy atom. The third-order valence-electron chi connectivity index (χ3n) is 6.48. The Balaban J connectivity index is 1.42. The van der Waals surface area contributed by atoms with E-state index >= 15 is 0 Å². The van der Waals surface area contributed by atoms with Gasteiger partial charge in [-0.15, -0.1) is 0 Å². The van der Waals surface area contributed by atoms with E-state index < -0.39 is 0 Å². The van der Waals surface area contributed by atoms with Gasteiger partial charge in [-0.2, -0.15) is 0 Å². The lowest BCUT2D eigenvalue weighted by Gasteiger charge is -2.27. The predicted octanol–water partition coefficient (Wildman–Crippen LogP) is 3.64. The molecule has 1 aromatic carbocycles. The van der Waals surface area contributed by atoms with Crippen LogP contribution in [0.2, 0.25) is 0 Å². The fourth-order valence-corrected chi connectivity index (χ4v) is 4.57. The van der Waals surface area contributed by atoms with Gasteiger partial charge in [0.1, 0.15) is 0 Å². The van der Waals surface area contributed by atoms with E-state index in [1.165, 1.54) is 69.2 Å². The number of nitrogens with zero attached hydrogens (tertiary/aromatic N) is 1. The minimum atomic E-state index is 0.705. The van der Waals surface area contributed by atoms with Crippen LogP contribution in [-0.2, 0) is 12.8 Å². The van der Waals surface area contributed by atoms with E-state index in [0.29, 0.717) is 5.41 Å². The van der Waals surface area contributed by atoms with Crippen molar-refractivity contribution in [3.63, 3.8) is 0 Å². The number of likely N-dealkylation sites (tertiary alicyclic amines) is 1. The first-order valence-corrected chi connectivity index (χ1v) is 8.75. The maximum atomic E-state index is 5.95. The van der Waals surface area contributed by atoms with Gasteiger partial charge in [0.15, 0.2) is 0 Å². The molecule has 2 N–H and O–H groups in total. The molecule has 114 valence electrons. The zero-order valence-electron chi connectivity index (χ0n) is 13.3. The average molecular weight is 284 g/mol. The zero-order chi connectivity index (χ0) is 14.4. The Kier molecular flexibility index (Phi) is 3.25. The van der Waals surface area contributed by atoms with Crippen molar-refractivity contribution < 1.29 is 0 Å². The van der Waals surface area contributed by atoms with Crippen LogP contribution in [-0.4, -0.2) is 24.0 Å². The quantitative estimate of drug-likeness (QED) is 0.663. The van der Waals surface area contributed by atoms with Crippen LogP contribution < -0.4 is 5.73 Å². The minimum absolute atomic E-state index is 0.705. The minimum Gasteiger partial charge on any atom is -0.399 e. The van der Waals surface area contributed by atoms with Crippen molar-refractivity contribution in [3.8, 4) is 0 Å². The van der Waals surface area contributed by atoms with Crippen LogP contribution in [0.3, 0.4) is 0 Å². The number of nitrogens with two attached hydrogens (primary N) is 1. The van der Waals surface area contributed by atoms with Crippen molar-refractivity contribution in [2.45, 2.75) is 57.9 Å². The van der Waals surface area contributed by atoms with Crippen molar-refractivity contribution >= 4 is 5.69 Å². The third-order valence-corrected chi connectivity index (χ3v) is 6.48. The second-order valence-electron chi connectivity index (χ2n) is 7.89. The molecule has 0 radical (unpaired) electrons. The first kappa shape index (κ1) is 13.6. The molecule has 0 bridgehead atoms. The highest BCUT2D eigenvalue weighted by atomic mass is 15.2. The number of fused-ring (bicyclic) bond motifs is 1. The molecule has 0 amide bonds. The number of rotatable bonds is 2. The third kappa shape index (κ3) is 2.59. The number of benzene rings is 1. The van der Waals surface area contributed by atoms with Crippen LogP contribution in [0, 0.1) is 11.3 Å². The fraction of sp³-hybridized carbons (Fsp3) is 0.684. The summed E-state index contributed by atoms with van der Waals surface area (Å²) in [6, 6.07) is 7.32. The number of anilines is 1. The molecule has 0 aromatic heterocycles. The number of hydrogen-bond acceptors (Lipinski definition) is 2. The normalized spacial score (nSPS) is 31.7. The number of nitrogen functional groups attached to an aromatic ring is 1. The SMILES string of the molecule is CC1(C2CCN(C3CCc4ccc(N)cc4CC3)C2)CC1. The van der Waals surface area contributed by atoms with Crippen LogP contribution >= 0.6 is 0 Å². The summed E-state index contributed by atoms with van der Waals surface area (Å²) < 4.78 is 0. The molecule has 2 aliphatic carbocycles. The van der Waals surface area contributed by atoms with E-state index in [-0.39, 0.29) is 0 Å². The number of hydrogen-bond donors (Lipinski definition) is 1. The molecule has 1 aromatic rings. The summed E-state index contributed by atoms with van der Waals surface area (Å²) >= 11 is 0. The smallest absolute Gasteiger partial charge is 0.0316 e. The van der Waals surface area contributed by atoms with Crippen LogP contribution in [0.5, 0.6) is 0 Å². The van der Waals surface area contributed by atoms with Gasteiger partial charge in [0.05, 0.1) is 0 Å².